The first-order valence-electron chi connectivity index (χ1n) is 10.7. The predicted octanol–water partition coefficient (Wildman–Crippen LogP) is 4.09. The Kier molecular flexibility index (Phi) is 6.78. The van der Waals surface area contributed by atoms with Gasteiger partial charge in [0.05, 0.1) is 29.2 Å². The van der Waals surface area contributed by atoms with Gasteiger partial charge in [0, 0.05) is 6.54 Å². The Morgan fingerprint density at radius 3 is 2.42 bits per heavy atom. The summed E-state index contributed by atoms with van der Waals surface area (Å²) in [5, 5.41) is 5.76. The summed E-state index contributed by atoms with van der Waals surface area (Å²) in [6.45, 7) is 8.30. The van der Waals surface area contributed by atoms with Crippen molar-refractivity contribution in [3.63, 3.8) is 0 Å². The van der Waals surface area contributed by atoms with Crippen molar-refractivity contribution in [3.8, 4) is 0 Å². The maximum absolute atomic E-state index is 12.9. The fraction of sp³-hybridized carbons (Fsp3) is 0.400. The number of esters is 1. The van der Waals surface area contributed by atoms with Gasteiger partial charge in [0.1, 0.15) is 0 Å². The van der Waals surface area contributed by atoms with E-state index in [0.29, 0.717) is 24.2 Å². The molecule has 6 nitrogen and oxygen atoms in total. The van der Waals surface area contributed by atoms with Gasteiger partial charge >= 0.3 is 5.97 Å². The van der Waals surface area contributed by atoms with E-state index in [9.17, 15) is 14.4 Å². The summed E-state index contributed by atoms with van der Waals surface area (Å²) in [5.41, 5.74) is 2.18. The minimum atomic E-state index is -0.789. The van der Waals surface area contributed by atoms with Gasteiger partial charge in [-0.3, -0.25) is 14.4 Å². The van der Waals surface area contributed by atoms with Crippen LogP contribution in [0.5, 0.6) is 0 Å². The third-order valence-electron chi connectivity index (χ3n) is 6.01. The highest BCUT2D eigenvalue weighted by Crippen LogP contribution is 2.59. The standard InChI is InChI=1S/C25H30N2O4/c1-5-31-24(30)25(16(2)3)14-20(25)23(29)27-21-9-7-6-8-19(21)22(28)26-15-18-12-10-17(4)11-13-18/h6-13,16,20H,5,14-15H2,1-4H3,(H,26,28)(H,27,29)/t20-,25+/m1/s1. The molecule has 1 saturated carbocycles. The fourth-order valence-corrected chi connectivity index (χ4v) is 3.96. The summed E-state index contributed by atoms with van der Waals surface area (Å²) in [7, 11) is 0. The molecule has 1 aliphatic rings. The largest absolute Gasteiger partial charge is 0.466 e. The van der Waals surface area contributed by atoms with Crippen LogP contribution >= 0.6 is 0 Å². The Balaban J connectivity index is 1.69. The monoisotopic (exact) mass is 422 g/mol. The summed E-state index contributed by atoms with van der Waals surface area (Å²) in [4.78, 5) is 38.2. The number of carbonyl (C=O) groups is 3. The average molecular weight is 423 g/mol. The van der Waals surface area contributed by atoms with E-state index in [2.05, 4.69) is 10.6 Å². The van der Waals surface area contributed by atoms with Crippen LogP contribution < -0.4 is 10.6 Å². The molecule has 3 rings (SSSR count). The van der Waals surface area contributed by atoms with Gasteiger partial charge in [-0.05, 0) is 43.9 Å². The van der Waals surface area contributed by atoms with Crippen molar-refractivity contribution in [1.29, 1.82) is 0 Å². The van der Waals surface area contributed by atoms with E-state index in [0.717, 1.165) is 11.1 Å². The van der Waals surface area contributed by atoms with Crippen LogP contribution in [0.1, 0.15) is 48.7 Å². The number of hydrogen-bond acceptors (Lipinski definition) is 4. The lowest BCUT2D eigenvalue weighted by Gasteiger charge is -2.20. The topological polar surface area (TPSA) is 84.5 Å². The average Bonchev–Trinajstić information content (AvgIpc) is 3.51. The Hall–Kier alpha value is -3.15. The quantitative estimate of drug-likeness (QED) is 0.628. The van der Waals surface area contributed by atoms with Crippen LogP contribution in [0.3, 0.4) is 0 Å². The van der Waals surface area contributed by atoms with Gasteiger partial charge in [0.2, 0.25) is 5.91 Å². The summed E-state index contributed by atoms with van der Waals surface area (Å²) in [6, 6.07) is 14.8. The second-order valence-corrected chi connectivity index (χ2v) is 8.38. The summed E-state index contributed by atoms with van der Waals surface area (Å²) in [5.74, 6) is -1.34. The lowest BCUT2D eigenvalue weighted by atomic mass is 9.89. The van der Waals surface area contributed by atoms with Crippen molar-refractivity contribution in [2.24, 2.45) is 17.3 Å². The molecule has 2 amide bonds. The number of aryl methyl sites for hydroxylation is 1. The Labute approximate surface area is 183 Å². The van der Waals surface area contributed by atoms with Gasteiger partial charge in [-0.15, -0.1) is 0 Å². The molecule has 2 aromatic rings. The highest BCUT2D eigenvalue weighted by molar-refractivity contribution is 6.06. The molecule has 164 valence electrons. The number of para-hydroxylation sites is 1. The zero-order chi connectivity index (χ0) is 22.6. The van der Waals surface area contributed by atoms with Gasteiger partial charge < -0.3 is 15.4 Å². The molecule has 1 fully saturated rings. The zero-order valence-electron chi connectivity index (χ0n) is 18.5. The molecule has 0 saturated heterocycles. The van der Waals surface area contributed by atoms with Crippen LogP contribution in [-0.4, -0.2) is 24.4 Å². The van der Waals surface area contributed by atoms with Gasteiger partial charge in [-0.2, -0.15) is 0 Å². The molecule has 0 bridgehead atoms. The van der Waals surface area contributed by atoms with Crippen molar-refractivity contribution >= 4 is 23.5 Å². The van der Waals surface area contributed by atoms with Crippen LogP contribution in [0.2, 0.25) is 0 Å². The van der Waals surface area contributed by atoms with Crippen molar-refractivity contribution in [3.05, 3.63) is 65.2 Å². The van der Waals surface area contributed by atoms with Crippen molar-refractivity contribution in [2.45, 2.75) is 40.7 Å². The molecule has 2 atom stereocenters. The number of nitrogens with one attached hydrogen (secondary N) is 2. The minimum absolute atomic E-state index is 0.0182. The summed E-state index contributed by atoms with van der Waals surface area (Å²) < 4.78 is 5.22. The maximum Gasteiger partial charge on any atom is 0.313 e. The van der Waals surface area contributed by atoms with E-state index >= 15 is 0 Å². The van der Waals surface area contributed by atoms with Gasteiger partial charge in [0.25, 0.3) is 5.91 Å². The molecule has 1 aliphatic carbocycles. The molecule has 0 radical (unpaired) electrons. The highest BCUT2D eigenvalue weighted by atomic mass is 16.5. The zero-order valence-corrected chi connectivity index (χ0v) is 18.5. The van der Waals surface area contributed by atoms with E-state index in [1.807, 2.05) is 45.0 Å². The number of benzene rings is 2. The Morgan fingerprint density at radius 1 is 1.10 bits per heavy atom. The van der Waals surface area contributed by atoms with E-state index < -0.39 is 11.3 Å². The molecule has 2 aromatic carbocycles. The number of amides is 2. The van der Waals surface area contributed by atoms with Crippen LogP contribution in [0.15, 0.2) is 48.5 Å². The van der Waals surface area contributed by atoms with E-state index in [1.54, 1.807) is 31.2 Å². The molecule has 0 heterocycles. The van der Waals surface area contributed by atoms with Gasteiger partial charge in [0.15, 0.2) is 0 Å². The maximum atomic E-state index is 12.9. The lowest BCUT2D eigenvalue weighted by Crippen LogP contribution is -2.31. The van der Waals surface area contributed by atoms with Crippen molar-refractivity contribution < 1.29 is 19.1 Å². The van der Waals surface area contributed by atoms with E-state index in [1.165, 1.54) is 0 Å². The molecule has 6 heteroatoms. The van der Waals surface area contributed by atoms with Crippen molar-refractivity contribution in [1.82, 2.24) is 5.32 Å². The molecular formula is C25H30N2O4. The summed E-state index contributed by atoms with van der Waals surface area (Å²) in [6.07, 6.45) is 0.455. The third kappa shape index (κ3) is 4.79. The number of rotatable bonds is 8. The first-order valence-corrected chi connectivity index (χ1v) is 10.7. The Morgan fingerprint density at radius 2 is 1.77 bits per heavy atom. The first-order chi connectivity index (χ1) is 14.8. The molecule has 0 unspecified atom stereocenters. The van der Waals surface area contributed by atoms with Crippen LogP contribution in [0.25, 0.3) is 0 Å². The fourth-order valence-electron chi connectivity index (χ4n) is 3.96. The normalized spacial score (nSPS) is 19.6. The second kappa shape index (κ2) is 9.33. The molecule has 0 aromatic heterocycles. The molecule has 2 N–H and O–H groups in total. The SMILES string of the molecule is CCOC(=O)[C@]1(C(C)C)C[C@@H]1C(=O)Nc1ccccc1C(=O)NCc1ccc(C)cc1. The molecule has 31 heavy (non-hydrogen) atoms. The lowest BCUT2D eigenvalue weighted by molar-refractivity contribution is -0.153. The number of anilines is 1. The van der Waals surface area contributed by atoms with E-state index in [-0.39, 0.29) is 30.3 Å². The van der Waals surface area contributed by atoms with Crippen LogP contribution in [0.4, 0.5) is 5.69 Å². The second-order valence-electron chi connectivity index (χ2n) is 8.38. The van der Waals surface area contributed by atoms with Crippen molar-refractivity contribution in [2.75, 3.05) is 11.9 Å². The number of carbonyl (C=O) groups excluding carboxylic acids is 3. The summed E-state index contributed by atoms with van der Waals surface area (Å²) >= 11 is 0. The smallest absolute Gasteiger partial charge is 0.313 e. The minimum Gasteiger partial charge on any atom is -0.466 e. The van der Waals surface area contributed by atoms with E-state index in [4.69, 9.17) is 4.74 Å². The van der Waals surface area contributed by atoms with Crippen LogP contribution in [0, 0.1) is 24.2 Å². The van der Waals surface area contributed by atoms with Crippen LogP contribution in [-0.2, 0) is 20.9 Å². The third-order valence-corrected chi connectivity index (χ3v) is 6.01. The van der Waals surface area contributed by atoms with Gasteiger partial charge in [-0.1, -0.05) is 55.8 Å². The molecule has 0 spiro atoms. The molecular weight excluding hydrogens is 392 g/mol. The predicted molar refractivity (Wildman–Crippen MR) is 119 cm³/mol. The Bertz CT molecular complexity index is 968. The number of ether oxygens (including phenoxy) is 1. The molecule has 0 aliphatic heterocycles. The van der Waals surface area contributed by atoms with Gasteiger partial charge in [-0.25, -0.2) is 0 Å². The first kappa shape index (κ1) is 22.5. The number of hydrogen-bond donors (Lipinski definition) is 2. The highest BCUT2D eigenvalue weighted by Gasteiger charge is 2.66.